The van der Waals surface area contributed by atoms with Crippen molar-refractivity contribution >= 4 is 15.9 Å². The number of nitrogens with one attached hydrogen (secondary N) is 1. The molecule has 1 aromatic rings. The van der Waals surface area contributed by atoms with E-state index in [9.17, 15) is 8.78 Å². The van der Waals surface area contributed by atoms with Crippen molar-refractivity contribution in [3.8, 4) is 0 Å². The van der Waals surface area contributed by atoms with Gasteiger partial charge in [0.2, 0.25) is 0 Å². The van der Waals surface area contributed by atoms with Crippen molar-refractivity contribution in [3.63, 3.8) is 0 Å². The molecule has 16 heavy (non-hydrogen) atoms. The largest absolute Gasteiger partial charge is 0.314 e. The van der Waals surface area contributed by atoms with E-state index in [1.54, 1.807) is 6.07 Å². The van der Waals surface area contributed by atoms with Gasteiger partial charge in [0.25, 0.3) is 0 Å². The molecule has 1 unspecified atom stereocenters. The monoisotopic (exact) mass is 289 g/mol. The fraction of sp³-hybridized carbons (Fsp3) is 0.500. The van der Waals surface area contributed by atoms with Crippen molar-refractivity contribution < 1.29 is 8.78 Å². The van der Waals surface area contributed by atoms with Crippen LogP contribution in [0.1, 0.15) is 24.8 Å². The van der Waals surface area contributed by atoms with E-state index >= 15 is 0 Å². The summed E-state index contributed by atoms with van der Waals surface area (Å²) in [5.74, 6) is -1.58. The molecule has 1 aliphatic heterocycles. The maximum absolute atomic E-state index is 13.3. The summed E-state index contributed by atoms with van der Waals surface area (Å²) < 4.78 is 26.5. The predicted octanol–water partition coefficient (Wildman–Crippen LogP) is 3.41. The van der Waals surface area contributed by atoms with Crippen molar-refractivity contribution in [2.45, 2.75) is 31.7 Å². The molecule has 88 valence electrons. The van der Waals surface area contributed by atoms with Gasteiger partial charge < -0.3 is 5.32 Å². The summed E-state index contributed by atoms with van der Waals surface area (Å²) in [6.45, 7) is 1.02. The van der Waals surface area contributed by atoms with Crippen LogP contribution in [0.3, 0.4) is 0 Å². The van der Waals surface area contributed by atoms with E-state index in [4.69, 9.17) is 0 Å². The van der Waals surface area contributed by atoms with E-state index in [0.717, 1.165) is 24.9 Å². The van der Waals surface area contributed by atoms with Crippen molar-refractivity contribution in [1.29, 1.82) is 0 Å². The van der Waals surface area contributed by atoms with Crippen molar-refractivity contribution in [2.75, 3.05) is 6.54 Å². The third-order valence-electron chi connectivity index (χ3n) is 2.99. The Labute approximate surface area is 102 Å². The number of benzene rings is 1. The summed E-state index contributed by atoms with van der Waals surface area (Å²) in [6.07, 6.45) is 4.26. The van der Waals surface area contributed by atoms with Crippen LogP contribution in [0.4, 0.5) is 8.78 Å². The Balaban J connectivity index is 2.11. The molecular weight excluding hydrogens is 276 g/mol. The van der Waals surface area contributed by atoms with E-state index in [1.807, 2.05) is 0 Å². The molecule has 1 heterocycles. The van der Waals surface area contributed by atoms with Gasteiger partial charge >= 0.3 is 0 Å². The zero-order valence-corrected chi connectivity index (χ0v) is 10.5. The molecule has 1 nitrogen and oxygen atoms in total. The van der Waals surface area contributed by atoms with Gasteiger partial charge in [-0.2, -0.15) is 0 Å². The van der Waals surface area contributed by atoms with Crippen molar-refractivity contribution in [3.05, 3.63) is 33.8 Å². The summed E-state index contributed by atoms with van der Waals surface area (Å²) in [6, 6.07) is 3.23. The summed E-state index contributed by atoms with van der Waals surface area (Å²) in [4.78, 5) is 0. The van der Waals surface area contributed by atoms with Gasteiger partial charge in [-0.05, 0) is 53.4 Å². The second kappa shape index (κ2) is 5.23. The molecule has 0 spiro atoms. The van der Waals surface area contributed by atoms with Gasteiger partial charge in [0.1, 0.15) is 0 Å². The Bertz CT molecular complexity index is 376. The molecular formula is C12H14BrF2N. The number of halogens is 3. The summed E-state index contributed by atoms with van der Waals surface area (Å²) in [5, 5.41) is 3.39. The Morgan fingerprint density at radius 2 is 2.12 bits per heavy atom. The summed E-state index contributed by atoms with van der Waals surface area (Å²) >= 11 is 3.12. The molecule has 0 saturated carbocycles. The lowest BCUT2D eigenvalue weighted by Crippen LogP contribution is -2.35. The van der Waals surface area contributed by atoms with E-state index in [0.29, 0.717) is 6.04 Å². The highest BCUT2D eigenvalue weighted by Crippen LogP contribution is 2.25. The summed E-state index contributed by atoms with van der Waals surface area (Å²) in [5.41, 5.74) is 0.832. The van der Waals surface area contributed by atoms with Crippen LogP contribution < -0.4 is 5.32 Å². The lowest BCUT2D eigenvalue weighted by atomic mass is 9.98. The summed E-state index contributed by atoms with van der Waals surface area (Å²) in [7, 11) is 0. The van der Waals surface area contributed by atoms with Crippen LogP contribution >= 0.6 is 15.9 Å². The Morgan fingerprint density at radius 3 is 2.81 bits per heavy atom. The first-order chi connectivity index (χ1) is 7.68. The minimum Gasteiger partial charge on any atom is -0.314 e. The highest BCUT2D eigenvalue weighted by Gasteiger charge is 2.17. The Hall–Kier alpha value is -0.480. The number of piperidine rings is 1. The Kier molecular flexibility index (Phi) is 3.92. The van der Waals surface area contributed by atoms with Gasteiger partial charge in [-0.25, -0.2) is 8.78 Å². The number of rotatable bonds is 2. The fourth-order valence-corrected chi connectivity index (χ4v) is 2.57. The molecule has 1 aromatic carbocycles. The molecule has 1 N–H and O–H groups in total. The first-order valence-corrected chi connectivity index (χ1v) is 6.33. The standard InChI is InChI=1S/C12H14BrF2N/c13-11-8(4-5-10(14)12(11)15)7-9-3-1-2-6-16-9/h4-5,9,16H,1-3,6-7H2. The second-order valence-corrected chi connectivity index (χ2v) is 4.98. The highest BCUT2D eigenvalue weighted by atomic mass is 79.9. The third-order valence-corrected chi connectivity index (χ3v) is 3.85. The molecule has 0 bridgehead atoms. The van der Waals surface area contributed by atoms with Crippen LogP contribution in [-0.4, -0.2) is 12.6 Å². The second-order valence-electron chi connectivity index (χ2n) is 4.19. The number of hydrogen-bond acceptors (Lipinski definition) is 1. The lowest BCUT2D eigenvalue weighted by Gasteiger charge is -2.23. The zero-order valence-electron chi connectivity index (χ0n) is 8.90. The van der Waals surface area contributed by atoms with E-state index in [2.05, 4.69) is 21.2 Å². The van der Waals surface area contributed by atoms with Crippen LogP contribution in [0.25, 0.3) is 0 Å². The lowest BCUT2D eigenvalue weighted by molar-refractivity contribution is 0.397. The van der Waals surface area contributed by atoms with E-state index < -0.39 is 11.6 Å². The maximum Gasteiger partial charge on any atom is 0.173 e. The average molecular weight is 290 g/mol. The normalized spacial score (nSPS) is 21.1. The van der Waals surface area contributed by atoms with Crippen molar-refractivity contribution in [2.24, 2.45) is 0 Å². The zero-order chi connectivity index (χ0) is 11.5. The van der Waals surface area contributed by atoms with Gasteiger partial charge in [0, 0.05) is 6.04 Å². The molecule has 1 atom stereocenters. The Morgan fingerprint density at radius 1 is 1.31 bits per heavy atom. The minimum absolute atomic E-state index is 0.264. The molecule has 0 amide bonds. The molecule has 2 rings (SSSR count). The highest BCUT2D eigenvalue weighted by molar-refractivity contribution is 9.10. The SMILES string of the molecule is Fc1ccc(CC2CCCCN2)c(Br)c1F. The smallest absolute Gasteiger partial charge is 0.173 e. The molecule has 0 radical (unpaired) electrons. The molecule has 4 heteroatoms. The fourth-order valence-electron chi connectivity index (χ4n) is 2.09. The van der Waals surface area contributed by atoms with Crippen LogP contribution in [0.15, 0.2) is 16.6 Å². The van der Waals surface area contributed by atoms with Crippen LogP contribution in [0.5, 0.6) is 0 Å². The molecule has 0 aromatic heterocycles. The average Bonchev–Trinajstić information content (AvgIpc) is 2.31. The first kappa shape index (κ1) is 12.0. The van der Waals surface area contributed by atoms with Gasteiger partial charge in [0.05, 0.1) is 4.47 Å². The van der Waals surface area contributed by atoms with E-state index in [-0.39, 0.29) is 4.47 Å². The van der Waals surface area contributed by atoms with Gasteiger partial charge in [-0.3, -0.25) is 0 Å². The molecule has 1 fully saturated rings. The topological polar surface area (TPSA) is 12.0 Å². The third kappa shape index (κ3) is 2.61. The maximum atomic E-state index is 13.3. The molecule has 1 aliphatic rings. The predicted molar refractivity (Wildman–Crippen MR) is 63.4 cm³/mol. The van der Waals surface area contributed by atoms with Crippen LogP contribution in [-0.2, 0) is 6.42 Å². The molecule has 0 aliphatic carbocycles. The quantitative estimate of drug-likeness (QED) is 0.823. The first-order valence-electron chi connectivity index (χ1n) is 5.54. The number of hydrogen-bond donors (Lipinski definition) is 1. The van der Waals surface area contributed by atoms with Crippen molar-refractivity contribution in [1.82, 2.24) is 5.32 Å². The molecule has 1 saturated heterocycles. The minimum atomic E-state index is -0.799. The van der Waals surface area contributed by atoms with Gasteiger partial charge in [-0.1, -0.05) is 12.5 Å². The van der Waals surface area contributed by atoms with Crippen LogP contribution in [0.2, 0.25) is 0 Å². The van der Waals surface area contributed by atoms with Gasteiger partial charge in [0.15, 0.2) is 11.6 Å². The van der Waals surface area contributed by atoms with Crippen LogP contribution in [0, 0.1) is 11.6 Å². The van der Waals surface area contributed by atoms with Gasteiger partial charge in [-0.15, -0.1) is 0 Å². The van der Waals surface area contributed by atoms with E-state index in [1.165, 1.54) is 18.9 Å².